The van der Waals surface area contributed by atoms with Crippen LogP contribution in [0.5, 0.6) is 0 Å². The van der Waals surface area contributed by atoms with Gasteiger partial charge in [-0.05, 0) is 49.7 Å². The van der Waals surface area contributed by atoms with Gasteiger partial charge < -0.3 is 10.1 Å². The van der Waals surface area contributed by atoms with Crippen LogP contribution in [0.3, 0.4) is 0 Å². The zero-order valence-electron chi connectivity index (χ0n) is 13.5. The van der Waals surface area contributed by atoms with Gasteiger partial charge in [-0.25, -0.2) is 9.18 Å². The van der Waals surface area contributed by atoms with E-state index in [1.54, 1.807) is 43.3 Å². The summed E-state index contributed by atoms with van der Waals surface area (Å²) >= 11 is 0. The van der Waals surface area contributed by atoms with E-state index in [2.05, 4.69) is 10.6 Å². The molecule has 2 N–H and O–H groups in total. The van der Waals surface area contributed by atoms with Crippen LogP contribution in [0.25, 0.3) is 0 Å². The molecule has 24 heavy (non-hydrogen) atoms. The van der Waals surface area contributed by atoms with Gasteiger partial charge in [-0.2, -0.15) is 0 Å². The lowest BCUT2D eigenvalue weighted by molar-refractivity contribution is 0.0939. The van der Waals surface area contributed by atoms with Gasteiger partial charge in [-0.15, -0.1) is 0 Å². The number of anilines is 1. The van der Waals surface area contributed by atoms with Gasteiger partial charge in [0, 0.05) is 11.3 Å². The lowest BCUT2D eigenvalue weighted by atomic mass is 10.1. The predicted molar refractivity (Wildman–Crippen MR) is 89.4 cm³/mol. The number of rotatable bonds is 5. The zero-order valence-corrected chi connectivity index (χ0v) is 13.5. The molecular formula is C18H19FN2O3. The lowest BCUT2D eigenvalue weighted by Gasteiger charge is -2.15. The lowest BCUT2D eigenvalue weighted by Crippen LogP contribution is -2.26. The Labute approximate surface area is 139 Å². The van der Waals surface area contributed by atoms with Crippen molar-refractivity contribution < 1.29 is 18.7 Å². The van der Waals surface area contributed by atoms with Crippen LogP contribution >= 0.6 is 0 Å². The third kappa shape index (κ3) is 4.81. The molecule has 1 atom stereocenters. The number of hydrogen-bond acceptors (Lipinski definition) is 3. The van der Waals surface area contributed by atoms with Crippen molar-refractivity contribution in [1.82, 2.24) is 5.32 Å². The summed E-state index contributed by atoms with van der Waals surface area (Å²) in [5.74, 6) is -0.616. The summed E-state index contributed by atoms with van der Waals surface area (Å²) in [4.78, 5) is 23.7. The molecule has 6 heteroatoms. The third-order valence-corrected chi connectivity index (χ3v) is 3.36. The Morgan fingerprint density at radius 3 is 2.54 bits per heavy atom. The fourth-order valence-corrected chi connectivity index (χ4v) is 2.14. The Kier molecular flexibility index (Phi) is 5.89. The second kappa shape index (κ2) is 8.10. The Morgan fingerprint density at radius 2 is 1.88 bits per heavy atom. The second-order valence-electron chi connectivity index (χ2n) is 5.17. The smallest absolute Gasteiger partial charge is 0.411 e. The normalized spacial score (nSPS) is 11.5. The van der Waals surface area contributed by atoms with Crippen LogP contribution in [0.1, 0.15) is 35.8 Å². The van der Waals surface area contributed by atoms with Crippen LogP contribution in [0, 0.1) is 5.82 Å². The largest absolute Gasteiger partial charge is 0.450 e. The maximum atomic E-state index is 12.9. The number of carbonyl (C=O) groups excluding carboxylic acids is 2. The average molecular weight is 330 g/mol. The highest BCUT2D eigenvalue weighted by atomic mass is 19.1. The SMILES string of the molecule is CCOC(=O)Nc1cccc(C(=O)N[C@H](C)c2ccc(F)cc2)c1. The quantitative estimate of drug-likeness (QED) is 0.874. The highest BCUT2D eigenvalue weighted by Crippen LogP contribution is 2.15. The van der Waals surface area contributed by atoms with Gasteiger partial charge in [0.2, 0.25) is 0 Å². The molecular weight excluding hydrogens is 311 g/mol. The van der Waals surface area contributed by atoms with Gasteiger partial charge in [0.25, 0.3) is 5.91 Å². The van der Waals surface area contributed by atoms with E-state index in [9.17, 15) is 14.0 Å². The molecule has 0 bridgehead atoms. The molecule has 0 aliphatic carbocycles. The summed E-state index contributed by atoms with van der Waals surface area (Å²) in [5.41, 5.74) is 1.67. The van der Waals surface area contributed by atoms with Crippen molar-refractivity contribution in [2.24, 2.45) is 0 Å². The van der Waals surface area contributed by atoms with Crippen molar-refractivity contribution in [3.05, 3.63) is 65.5 Å². The van der Waals surface area contributed by atoms with E-state index in [1.165, 1.54) is 12.1 Å². The van der Waals surface area contributed by atoms with E-state index >= 15 is 0 Å². The minimum Gasteiger partial charge on any atom is -0.450 e. The Balaban J connectivity index is 2.04. The molecule has 126 valence electrons. The molecule has 0 saturated carbocycles. The Morgan fingerprint density at radius 1 is 1.17 bits per heavy atom. The van der Waals surface area contributed by atoms with Crippen LogP contribution in [0.2, 0.25) is 0 Å². The Hall–Kier alpha value is -2.89. The average Bonchev–Trinajstić information content (AvgIpc) is 2.55. The molecule has 0 aromatic heterocycles. The van der Waals surface area contributed by atoms with Gasteiger partial charge >= 0.3 is 6.09 Å². The van der Waals surface area contributed by atoms with E-state index in [1.807, 2.05) is 6.92 Å². The molecule has 2 rings (SSSR count). The molecule has 2 amide bonds. The first-order valence-electron chi connectivity index (χ1n) is 7.59. The van der Waals surface area contributed by atoms with Crippen molar-refractivity contribution in [2.75, 3.05) is 11.9 Å². The van der Waals surface area contributed by atoms with Gasteiger partial charge in [0.15, 0.2) is 0 Å². The summed E-state index contributed by atoms with van der Waals surface area (Å²) in [7, 11) is 0. The molecule has 0 aliphatic heterocycles. The minimum absolute atomic E-state index is 0.265. The number of amides is 2. The van der Waals surface area contributed by atoms with E-state index in [-0.39, 0.29) is 24.4 Å². The standard InChI is InChI=1S/C18H19FN2O3/c1-3-24-18(23)21-16-6-4-5-14(11-16)17(22)20-12(2)13-7-9-15(19)10-8-13/h4-12H,3H2,1-2H3,(H,20,22)(H,21,23)/t12-/m1/s1. The van der Waals surface area contributed by atoms with Gasteiger partial charge in [0.1, 0.15) is 5.82 Å². The molecule has 0 saturated heterocycles. The first-order valence-corrected chi connectivity index (χ1v) is 7.59. The summed E-state index contributed by atoms with van der Waals surface area (Å²) in [5, 5.41) is 5.38. The second-order valence-corrected chi connectivity index (χ2v) is 5.17. The fourth-order valence-electron chi connectivity index (χ4n) is 2.14. The van der Waals surface area contributed by atoms with E-state index < -0.39 is 6.09 Å². The fraction of sp³-hybridized carbons (Fsp3) is 0.222. The van der Waals surface area contributed by atoms with Crippen molar-refractivity contribution >= 4 is 17.7 Å². The first-order chi connectivity index (χ1) is 11.5. The minimum atomic E-state index is -0.574. The van der Waals surface area contributed by atoms with Crippen molar-refractivity contribution in [2.45, 2.75) is 19.9 Å². The molecule has 0 unspecified atom stereocenters. The van der Waals surface area contributed by atoms with E-state index in [0.29, 0.717) is 11.3 Å². The number of carbonyl (C=O) groups is 2. The van der Waals surface area contributed by atoms with Gasteiger partial charge in [-0.1, -0.05) is 18.2 Å². The third-order valence-electron chi connectivity index (χ3n) is 3.36. The van der Waals surface area contributed by atoms with Gasteiger partial charge in [0.05, 0.1) is 12.6 Å². The van der Waals surface area contributed by atoms with Crippen LogP contribution in [0.15, 0.2) is 48.5 Å². The predicted octanol–water partition coefficient (Wildman–Crippen LogP) is 3.89. The first kappa shape index (κ1) is 17.5. The summed E-state index contributed by atoms with van der Waals surface area (Å²) in [6, 6.07) is 12.2. The number of hydrogen-bond donors (Lipinski definition) is 2. The molecule has 0 radical (unpaired) electrons. The van der Waals surface area contributed by atoms with E-state index in [0.717, 1.165) is 5.56 Å². The summed E-state index contributed by atoms with van der Waals surface area (Å²) < 4.78 is 17.7. The molecule has 5 nitrogen and oxygen atoms in total. The molecule has 0 heterocycles. The Bertz CT molecular complexity index is 716. The maximum Gasteiger partial charge on any atom is 0.411 e. The van der Waals surface area contributed by atoms with Crippen LogP contribution in [-0.2, 0) is 4.74 Å². The number of halogens is 1. The number of nitrogens with one attached hydrogen (secondary N) is 2. The van der Waals surface area contributed by atoms with Crippen LogP contribution < -0.4 is 10.6 Å². The van der Waals surface area contributed by atoms with Crippen LogP contribution in [0.4, 0.5) is 14.9 Å². The molecule has 0 spiro atoms. The molecule has 0 aliphatic rings. The topological polar surface area (TPSA) is 67.4 Å². The van der Waals surface area contributed by atoms with Gasteiger partial charge in [-0.3, -0.25) is 10.1 Å². The zero-order chi connectivity index (χ0) is 17.5. The molecule has 2 aromatic carbocycles. The van der Waals surface area contributed by atoms with E-state index in [4.69, 9.17) is 4.74 Å². The van der Waals surface area contributed by atoms with Crippen molar-refractivity contribution in [1.29, 1.82) is 0 Å². The van der Waals surface area contributed by atoms with Crippen molar-refractivity contribution in [3.63, 3.8) is 0 Å². The van der Waals surface area contributed by atoms with Crippen molar-refractivity contribution in [3.8, 4) is 0 Å². The highest BCUT2D eigenvalue weighted by molar-refractivity contribution is 5.96. The number of ether oxygens (including phenoxy) is 1. The molecule has 2 aromatic rings. The van der Waals surface area contributed by atoms with Crippen LogP contribution in [-0.4, -0.2) is 18.6 Å². The summed E-state index contributed by atoms with van der Waals surface area (Å²) in [6.45, 7) is 3.79. The monoisotopic (exact) mass is 330 g/mol. The number of benzene rings is 2. The molecule has 0 fully saturated rings. The summed E-state index contributed by atoms with van der Waals surface area (Å²) in [6.07, 6.45) is -0.574. The maximum absolute atomic E-state index is 12.9. The highest BCUT2D eigenvalue weighted by Gasteiger charge is 2.12.